The minimum atomic E-state index is -0.328. The zero-order valence-corrected chi connectivity index (χ0v) is 14.2. The SMILES string of the molecule is CC(c1ccc(Br)cc1)c1ccc(CC(C)(C)N)cc1F. The van der Waals surface area contributed by atoms with Crippen LogP contribution in [0.2, 0.25) is 0 Å². The van der Waals surface area contributed by atoms with Crippen molar-refractivity contribution < 1.29 is 4.39 Å². The molecule has 112 valence electrons. The second-order valence-corrected chi connectivity index (χ2v) is 7.21. The molecule has 21 heavy (non-hydrogen) atoms. The van der Waals surface area contributed by atoms with Crippen LogP contribution < -0.4 is 5.73 Å². The Morgan fingerprint density at radius 1 is 1.14 bits per heavy atom. The molecule has 0 bridgehead atoms. The minimum Gasteiger partial charge on any atom is -0.325 e. The van der Waals surface area contributed by atoms with Crippen LogP contribution in [0.1, 0.15) is 43.4 Å². The molecular weight excluding hydrogens is 329 g/mol. The maximum atomic E-state index is 14.4. The van der Waals surface area contributed by atoms with Gasteiger partial charge in [-0.05, 0) is 55.2 Å². The lowest BCUT2D eigenvalue weighted by Gasteiger charge is -2.20. The van der Waals surface area contributed by atoms with Gasteiger partial charge in [-0.3, -0.25) is 0 Å². The molecular formula is C18H21BrFN. The first kappa shape index (κ1) is 16.2. The number of hydrogen-bond donors (Lipinski definition) is 1. The van der Waals surface area contributed by atoms with Crippen molar-refractivity contribution in [2.24, 2.45) is 5.73 Å². The summed E-state index contributed by atoms with van der Waals surface area (Å²) >= 11 is 3.42. The van der Waals surface area contributed by atoms with Crippen LogP contribution in [0.5, 0.6) is 0 Å². The molecule has 0 amide bonds. The van der Waals surface area contributed by atoms with Crippen LogP contribution in [0.3, 0.4) is 0 Å². The Hall–Kier alpha value is -1.19. The lowest BCUT2D eigenvalue weighted by Crippen LogP contribution is -2.34. The molecule has 0 radical (unpaired) electrons. The van der Waals surface area contributed by atoms with E-state index in [9.17, 15) is 4.39 Å². The van der Waals surface area contributed by atoms with Gasteiger partial charge in [-0.15, -0.1) is 0 Å². The second-order valence-electron chi connectivity index (χ2n) is 6.29. The molecule has 0 saturated heterocycles. The van der Waals surface area contributed by atoms with Gasteiger partial charge < -0.3 is 5.73 Å². The van der Waals surface area contributed by atoms with Gasteiger partial charge in [-0.2, -0.15) is 0 Å². The molecule has 2 N–H and O–H groups in total. The third-order valence-electron chi connectivity index (χ3n) is 3.56. The summed E-state index contributed by atoms with van der Waals surface area (Å²) in [5.41, 5.74) is 8.42. The lowest BCUT2D eigenvalue weighted by atomic mass is 9.90. The predicted molar refractivity (Wildman–Crippen MR) is 90.0 cm³/mol. The molecule has 0 aromatic heterocycles. The fraction of sp³-hybridized carbons (Fsp3) is 0.333. The summed E-state index contributed by atoms with van der Waals surface area (Å²) in [5.74, 6) is -0.134. The highest BCUT2D eigenvalue weighted by molar-refractivity contribution is 9.10. The van der Waals surface area contributed by atoms with Gasteiger partial charge in [0.15, 0.2) is 0 Å². The van der Waals surface area contributed by atoms with E-state index in [0.717, 1.165) is 21.2 Å². The third-order valence-corrected chi connectivity index (χ3v) is 4.09. The largest absolute Gasteiger partial charge is 0.325 e. The molecule has 3 heteroatoms. The Balaban J connectivity index is 2.26. The summed E-state index contributed by atoms with van der Waals surface area (Å²) in [5, 5.41) is 0. The van der Waals surface area contributed by atoms with E-state index >= 15 is 0 Å². The topological polar surface area (TPSA) is 26.0 Å². The summed E-state index contributed by atoms with van der Waals surface area (Å²) < 4.78 is 15.4. The Morgan fingerprint density at radius 2 is 1.76 bits per heavy atom. The fourth-order valence-electron chi connectivity index (χ4n) is 2.49. The monoisotopic (exact) mass is 349 g/mol. The number of rotatable bonds is 4. The van der Waals surface area contributed by atoms with E-state index < -0.39 is 0 Å². The number of hydrogen-bond acceptors (Lipinski definition) is 1. The van der Waals surface area contributed by atoms with Crippen molar-refractivity contribution >= 4 is 15.9 Å². The van der Waals surface area contributed by atoms with Crippen LogP contribution >= 0.6 is 15.9 Å². The third kappa shape index (κ3) is 4.39. The van der Waals surface area contributed by atoms with Crippen LogP contribution in [0, 0.1) is 5.82 Å². The summed E-state index contributed by atoms with van der Waals surface area (Å²) in [6.45, 7) is 5.92. The van der Waals surface area contributed by atoms with Gasteiger partial charge >= 0.3 is 0 Å². The van der Waals surface area contributed by atoms with E-state index in [4.69, 9.17) is 5.73 Å². The Kier molecular flexibility index (Phi) is 4.84. The van der Waals surface area contributed by atoms with Gasteiger partial charge in [0.1, 0.15) is 5.82 Å². The zero-order chi connectivity index (χ0) is 15.6. The van der Waals surface area contributed by atoms with Gasteiger partial charge in [0.25, 0.3) is 0 Å². The molecule has 0 spiro atoms. The van der Waals surface area contributed by atoms with E-state index in [1.54, 1.807) is 6.07 Å². The second kappa shape index (κ2) is 6.29. The molecule has 0 heterocycles. The van der Waals surface area contributed by atoms with E-state index in [0.29, 0.717) is 6.42 Å². The first-order valence-electron chi connectivity index (χ1n) is 7.09. The Bertz CT molecular complexity index is 614. The first-order valence-corrected chi connectivity index (χ1v) is 7.88. The van der Waals surface area contributed by atoms with Crippen LogP contribution in [-0.4, -0.2) is 5.54 Å². The summed E-state index contributed by atoms with van der Waals surface area (Å²) in [7, 11) is 0. The molecule has 1 unspecified atom stereocenters. The molecule has 2 aromatic carbocycles. The molecule has 0 saturated carbocycles. The highest BCUT2D eigenvalue weighted by Crippen LogP contribution is 2.28. The van der Waals surface area contributed by atoms with Crippen molar-refractivity contribution in [3.63, 3.8) is 0 Å². The van der Waals surface area contributed by atoms with Crippen molar-refractivity contribution in [3.8, 4) is 0 Å². The first-order chi connectivity index (χ1) is 9.76. The molecule has 0 aliphatic rings. The maximum Gasteiger partial charge on any atom is 0.127 e. The molecule has 0 aliphatic heterocycles. The van der Waals surface area contributed by atoms with Gasteiger partial charge in [0.2, 0.25) is 0 Å². The number of nitrogens with two attached hydrogens (primary N) is 1. The number of halogens is 2. The van der Waals surface area contributed by atoms with E-state index in [1.165, 1.54) is 0 Å². The highest BCUT2D eigenvalue weighted by atomic mass is 79.9. The van der Waals surface area contributed by atoms with Gasteiger partial charge in [0.05, 0.1) is 0 Å². The van der Waals surface area contributed by atoms with Gasteiger partial charge in [0, 0.05) is 15.9 Å². The molecule has 2 rings (SSSR count). The average Bonchev–Trinajstić information content (AvgIpc) is 2.37. The lowest BCUT2D eigenvalue weighted by molar-refractivity contribution is 0.513. The molecule has 0 fully saturated rings. The number of benzene rings is 2. The van der Waals surface area contributed by atoms with Crippen LogP contribution in [0.4, 0.5) is 4.39 Å². The van der Waals surface area contributed by atoms with Crippen molar-refractivity contribution in [2.45, 2.75) is 38.6 Å². The van der Waals surface area contributed by atoms with E-state index in [1.807, 2.05) is 57.2 Å². The van der Waals surface area contributed by atoms with E-state index in [2.05, 4.69) is 15.9 Å². The summed E-state index contributed by atoms with van der Waals surface area (Å²) in [6, 6.07) is 13.5. The van der Waals surface area contributed by atoms with Crippen molar-refractivity contribution in [3.05, 3.63) is 69.4 Å². The normalized spacial score (nSPS) is 13.2. The Labute approximate surface area is 134 Å². The maximum absolute atomic E-state index is 14.4. The molecule has 1 nitrogen and oxygen atoms in total. The molecule has 0 aliphatic carbocycles. The predicted octanol–water partition coefficient (Wildman–Crippen LogP) is 5.02. The highest BCUT2D eigenvalue weighted by Gasteiger charge is 2.16. The van der Waals surface area contributed by atoms with Crippen molar-refractivity contribution in [1.29, 1.82) is 0 Å². The fourth-order valence-corrected chi connectivity index (χ4v) is 2.75. The van der Waals surface area contributed by atoms with Crippen LogP contribution in [0.15, 0.2) is 46.9 Å². The van der Waals surface area contributed by atoms with Gasteiger partial charge in [-0.25, -0.2) is 4.39 Å². The average molecular weight is 350 g/mol. The van der Waals surface area contributed by atoms with Crippen molar-refractivity contribution in [1.82, 2.24) is 0 Å². The standard InChI is InChI=1S/C18H21BrFN/c1-12(14-5-7-15(19)8-6-14)16-9-4-13(10-17(16)20)11-18(2,3)21/h4-10,12H,11,21H2,1-3H3. The smallest absolute Gasteiger partial charge is 0.127 e. The minimum absolute atomic E-state index is 0.0260. The molecule has 1 atom stereocenters. The quantitative estimate of drug-likeness (QED) is 0.823. The van der Waals surface area contributed by atoms with Gasteiger partial charge in [-0.1, -0.05) is 47.1 Å². The molecule has 2 aromatic rings. The Morgan fingerprint density at radius 3 is 2.29 bits per heavy atom. The van der Waals surface area contributed by atoms with Crippen molar-refractivity contribution in [2.75, 3.05) is 0 Å². The van der Waals surface area contributed by atoms with E-state index in [-0.39, 0.29) is 17.3 Å². The zero-order valence-electron chi connectivity index (χ0n) is 12.7. The van der Waals surface area contributed by atoms with Crippen LogP contribution in [0.25, 0.3) is 0 Å². The summed E-state index contributed by atoms with van der Waals surface area (Å²) in [4.78, 5) is 0. The van der Waals surface area contributed by atoms with Crippen LogP contribution in [-0.2, 0) is 6.42 Å². The summed E-state index contributed by atoms with van der Waals surface area (Å²) in [6.07, 6.45) is 0.664.